The molecule has 0 spiro atoms. The van der Waals surface area contributed by atoms with Crippen LogP contribution in [0.4, 0.5) is 5.69 Å². The number of ether oxygens (including phenoxy) is 1. The number of amides is 1. The second kappa shape index (κ2) is 8.45. The Morgan fingerprint density at radius 2 is 1.76 bits per heavy atom. The van der Waals surface area contributed by atoms with Crippen molar-refractivity contribution in [3.63, 3.8) is 0 Å². The van der Waals surface area contributed by atoms with Gasteiger partial charge in [0.15, 0.2) is 5.17 Å². The Hall–Kier alpha value is -2.54. The van der Waals surface area contributed by atoms with Crippen LogP contribution >= 0.6 is 34.7 Å². The molecular formula is C22H17ClN2O2S2. The van der Waals surface area contributed by atoms with Gasteiger partial charge in [-0.3, -0.25) is 9.69 Å². The molecule has 3 aromatic rings. The van der Waals surface area contributed by atoms with Gasteiger partial charge < -0.3 is 4.74 Å². The van der Waals surface area contributed by atoms with Gasteiger partial charge in [-0.2, -0.15) is 0 Å². The first-order valence-corrected chi connectivity index (χ1v) is 10.8. The lowest BCUT2D eigenvalue weighted by Gasteiger charge is -2.07. The highest BCUT2D eigenvalue weighted by Gasteiger charge is 2.30. The average Bonchev–Trinajstić information content (AvgIpc) is 3.30. The maximum atomic E-state index is 12.7. The van der Waals surface area contributed by atoms with Gasteiger partial charge in [0.05, 0.1) is 17.7 Å². The maximum absolute atomic E-state index is 12.7. The van der Waals surface area contributed by atoms with E-state index in [1.807, 2.05) is 60.7 Å². The van der Waals surface area contributed by atoms with E-state index in [4.69, 9.17) is 16.3 Å². The van der Waals surface area contributed by atoms with Gasteiger partial charge in [-0.25, -0.2) is 4.99 Å². The standard InChI is InChI=1S/C22H17ClN2O2S2/c1-25-21(26)20(29-22(25)24-16-7-9-17(27-2)10-8-16)13-18-11-12-19(28-18)14-3-5-15(23)6-4-14/h3-13H,1-2H3/b20-13-,24-22?. The molecule has 1 aromatic heterocycles. The number of hydrogen-bond donors (Lipinski definition) is 0. The predicted octanol–water partition coefficient (Wildman–Crippen LogP) is 6.31. The van der Waals surface area contributed by atoms with Gasteiger partial charge in [0, 0.05) is 21.8 Å². The van der Waals surface area contributed by atoms with Crippen molar-refractivity contribution in [2.45, 2.75) is 0 Å². The summed E-state index contributed by atoms with van der Waals surface area (Å²) in [5, 5.41) is 1.37. The first-order chi connectivity index (χ1) is 14.0. The van der Waals surface area contributed by atoms with Crippen molar-refractivity contribution < 1.29 is 9.53 Å². The number of rotatable bonds is 4. The van der Waals surface area contributed by atoms with Crippen LogP contribution in [-0.4, -0.2) is 30.1 Å². The van der Waals surface area contributed by atoms with Gasteiger partial charge in [-0.15, -0.1) is 11.3 Å². The molecule has 1 aliphatic heterocycles. The fourth-order valence-corrected chi connectivity index (χ4v) is 4.88. The summed E-state index contributed by atoms with van der Waals surface area (Å²) in [6, 6.07) is 19.2. The SMILES string of the molecule is COc1ccc(N=C2S/C(=C\c3ccc(-c4ccc(Cl)cc4)s3)C(=O)N2C)cc1. The third kappa shape index (κ3) is 4.40. The number of likely N-dealkylation sites (N-methyl/N-ethyl adjacent to an activating group) is 1. The van der Waals surface area contributed by atoms with E-state index in [2.05, 4.69) is 11.1 Å². The minimum Gasteiger partial charge on any atom is -0.497 e. The molecule has 146 valence electrons. The van der Waals surface area contributed by atoms with Crippen LogP contribution in [-0.2, 0) is 4.79 Å². The summed E-state index contributed by atoms with van der Waals surface area (Å²) < 4.78 is 5.17. The third-order valence-corrected chi connectivity index (χ3v) is 6.72. The summed E-state index contributed by atoms with van der Waals surface area (Å²) in [5.74, 6) is 0.718. The first-order valence-electron chi connectivity index (χ1n) is 8.79. The van der Waals surface area contributed by atoms with Crippen LogP contribution in [0.5, 0.6) is 5.75 Å². The highest BCUT2D eigenvalue weighted by atomic mass is 35.5. The van der Waals surface area contributed by atoms with E-state index in [-0.39, 0.29) is 5.91 Å². The van der Waals surface area contributed by atoms with Gasteiger partial charge >= 0.3 is 0 Å². The van der Waals surface area contributed by atoms with E-state index >= 15 is 0 Å². The summed E-state index contributed by atoms with van der Waals surface area (Å²) in [7, 11) is 3.37. The second-order valence-corrected chi connectivity index (χ2v) is 8.84. The Balaban J connectivity index is 1.56. The third-order valence-electron chi connectivity index (χ3n) is 4.33. The fraction of sp³-hybridized carbons (Fsp3) is 0.0909. The van der Waals surface area contributed by atoms with Crippen LogP contribution < -0.4 is 4.74 Å². The van der Waals surface area contributed by atoms with E-state index in [1.165, 1.54) is 11.8 Å². The lowest BCUT2D eigenvalue weighted by molar-refractivity contribution is -0.121. The Kier molecular flexibility index (Phi) is 5.76. The minimum atomic E-state index is -0.0521. The zero-order chi connectivity index (χ0) is 20.4. The Labute approximate surface area is 182 Å². The lowest BCUT2D eigenvalue weighted by atomic mass is 10.2. The zero-order valence-corrected chi connectivity index (χ0v) is 18.1. The van der Waals surface area contributed by atoms with Crippen LogP contribution in [0.25, 0.3) is 16.5 Å². The number of halogens is 1. The van der Waals surface area contributed by atoms with Crippen molar-refractivity contribution in [3.05, 3.63) is 75.5 Å². The van der Waals surface area contributed by atoms with E-state index in [0.29, 0.717) is 15.1 Å². The molecule has 0 unspecified atom stereocenters. The van der Waals surface area contributed by atoms with Gasteiger partial charge in [-0.1, -0.05) is 23.7 Å². The van der Waals surface area contributed by atoms with Gasteiger partial charge in [0.25, 0.3) is 5.91 Å². The molecule has 1 aliphatic rings. The van der Waals surface area contributed by atoms with Crippen molar-refractivity contribution in [1.82, 2.24) is 4.90 Å². The molecule has 0 aliphatic carbocycles. The molecule has 7 heteroatoms. The summed E-state index contributed by atoms with van der Waals surface area (Å²) in [4.78, 5) is 21.6. The highest BCUT2D eigenvalue weighted by Crippen LogP contribution is 2.36. The predicted molar refractivity (Wildman–Crippen MR) is 123 cm³/mol. The topological polar surface area (TPSA) is 41.9 Å². The van der Waals surface area contributed by atoms with Crippen molar-refractivity contribution >= 4 is 57.5 Å². The molecule has 0 atom stereocenters. The van der Waals surface area contributed by atoms with Gasteiger partial charge in [-0.05, 0) is 71.9 Å². The number of hydrogen-bond acceptors (Lipinski definition) is 5. The van der Waals surface area contributed by atoms with Crippen molar-refractivity contribution in [3.8, 4) is 16.2 Å². The number of aliphatic imine (C=N–C) groups is 1. The van der Waals surface area contributed by atoms with Crippen molar-refractivity contribution in [1.29, 1.82) is 0 Å². The summed E-state index contributed by atoms with van der Waals surface area (Å²) >= 11 is 8.98. The number of thiophene rings is 1. The number of carbonyl (C=O) groups is 1. The van der Waals surface area contributed by atoms with E-state index in [9.17, 15) is 4.79 Å². The summed E-state index contributed by atoms with van der Waals surface area (Å²) in [6.45, 7) is 0. The molecule has 4 rings (SSSR count). The van der Waals surface area contributed by atoms with Crippen LogP contribution in [0.15, 0.2) is 70.6 Å². The normalized spacial score (nSPS) is 16.8. The molecule has 0 saturated carbocycles. The second-order valence-electron chi connectivity index (χ2n) is 6.28. The lowest BCUT2D eigenvalue weighted by Crippen LogP contribution is -2.23. The molecule has 2 aromatic carbocycles. The molecule has 0 radical (unpaired) electrons. The molecule has 2 heterocycles. The number of benzene rings is 2. The molecular weight excluding hydrogens is 424 g/mol. The van der Waals surface area contributed by atoms with Crippen LogP contribution in [0, 0.1) is 0 Å². The number of carbonyl (C=O) groups excluding carboxylic acids is 1. The van der Waals surface area contributed by atoms with Crippen LogP contribution in [0.3, 0.4) is 0 Å². The molecule has 1 amide bonds. The van der Waals surface area contributed by atoms with Crippen molar-refractivity contribution in [2.75, 3.05) is 14.2 Å². The summed E-state index contributed by atoms with van der Waals surface area (Å²) in [5.41, 5.74) is 1.88. The largest absolute Gasteiger partial charge is 0.497 e. The maximum Gasteiger partial charge on any atom is 0.266 e. The minimum absolute atomic E-state index is 0.0521. The molecule has 29 heavy (non-hydrogen) atoms. The quantitative estimate of drug-likeness (QED) is 0.446. The monoisotopic (exact) mass is 440 g/mol. The Bertz CT molecular complexity index is 1100. The van der Waals surface area contributed by atoms with Gasteiger partial charge in [0.2, 0.25) is 0 Å². The van der Waals surface area contributed by atoms with E-state index in [1.54, 1.807) is 30.4 Å². The molecule has 0 N–H and O–H groups in total. The average molecular weight is 441 g/mol. The van der Waals surface area contributed by atoms with E-state index in [0.717, 1.165) is 26.8 Å². The summed E-state index contributed by atoms with van der Waals surface area (Å²) in [6.07, 6.45) is 1.92. The molecule has 4 nitrogen and oxygen atoms in total. The van der Waals surface area contributed by atoms with Crippen LogP contribution in [0.1, 0.15) is 4.88 Å². The van der Waals surface area contributed by atoms with E-state index < -0.39 is 0 Å². The highest BCUT2D eigenvalue weighted by molar-refractivity contribution is 8.18. The molecule has 1 fully saturated rings. The Morgan fingerprint density at radius 1 is 1.03 bits per heavy atom. The van der Waals surface area contributed by atoms with Gasteiger partial charge in [0.1, 0.15) is 5.75 Å². The van der Waals surface area contributed by atoms with Crippen molar-refractivity contribution in [2.24, 2.45) is 4.99 Å². The molecule has 0 bridgehead atoms. The number of amidine groups is 1. The first kappa shape index (κ1) is 19.8. The number of thioether (sulfide) groups is 1. The number of nitrogens with zero attached hydrogens (tertiary/aromatic N) is 2. The zero-order valence-electron chi connectivity index (χ0n) is 15.8. The van der Waals surface area contributed by atoms with Crippen LogP contribution in [0.2, 0.25) is 5.02 Å². The fourth-order valence-electron chi connectivity index (χ4n) is 2.75. The Morgan fingerprint density at radius 3 is 2.45 bits per heavy atom. The smallest absolute Gasteiger partial charge is 0.266 e. The number of methoxy groups -OCH3 is 1. The molecule has 1 saturated heterocycles.